The molecular weight excluding hydrogens is 344 g/mol. The summed E-state index contributed by atoms with van der Waals surface area (Å²) in [5.74, 6) is 0. The van der Waals surface area contributed by atoms with Gasteiger partial charge in [0.2, 0.25) is 0 Å². The first-order chi connectivity index (χ1) is 8.15. The Labute approximate surface area is 119 Å². The Hall–Kier alpha value is -0.320. The lowest BCUT2D eigenvalue weighted by atomic mass is 10.1. The fourth-order valence-corrected chi connectivity index (χ4v) is 3.37. The molecule has 0 atom stereocenters. The van der Waals surface area contributed by atoms with Gasteiger partial charge in [0.15, 0.2) is 0 Å². The molecule has 0 saturated heterocycles. The molecule has 17 heavy (non-hydrogen) atoms. The topological polar surface area (TPSA) is 19.0 Å². The first kappa shape index (κ1) is 13.1. The van der Waals surface area contributed by atoms with E-state index in [2.05, 4.69) is 73.9 Å². The van der Waals surface area contributed by atoms with Crippen molar-refractivity contribution in [3.05, 3.63) is 32.8 Å². The van der Waals surface area contributed by atoms with Crippen molar-refractivity contribution in [2.24, 2.45) is 0 Å². The van der Waals surface area contributed by atoms with Crippen LogP contribution in [0.15, 0.2) is 27.3 Å². The van der Waals surface area contributed by atoms with E-state index in [0.717, 1.165) is 28.6 Å². The molecule has 2 aromatic rings. The lowest BCUT2D eigenvalue weighted by Crippen LogP contribution is -2.21. The molecule has 4 heteroatoms. The summed E-state index contributed by atoms with van der Waals surface area (Å²) < 4.78 is 2.21. The van der Waals surface area contributed by atoms with Gasteiger partial charge >= 0.3 is 0 Å². The predicted octanol–water partition coefficient (Wildman–Crippen LogP) is 4.53. The fraction of sp³-hybridized carbons (Fsp3) is 0.385. The fourth-order valence-electron chi connectivity index (χ4n) is 2.03. The third kappa shape index (κ3) is 2.75. The number of nitrogens with zero attached hydrogens (tertiary/aromatic N) is 1. The molecule has 2 rings (SSSR count). The van der Waals surface area contributed by atoms with Crippen LogP contribution in [0.25, 0.3) is 10.9 Å². The Kier molecular flexibility index (Phi) is 4.28. The SMILES string of the molecule is CCN(CC)Cc1c[nH]c2c(Br)cc(Br)cc12. The molecule has 92 valence electrons. The molecule has 0 aliphatic heterocycles. The molecule has 0 aliphatic carbocycles. The van der Waals surface area contributed by atoms with Crippen molar-refractivity contribution in [3.63, 3.8) is 0 Å². The normalized spacial score (nSPS) is 11.6. The summed E-state index contributed by atoms with van der Waals surface area (Å²) in [4.78, 5) is 5.76. The van der Waals surface area contributed by atoms with Gasteiger partial charge < -0.3 is 4.98 Å². The Morgan fingerprint density at radius 1 is 1.18 bits per heavy atom. The molecule has 2 nitrogen and oxygen atoms in total. The Morgan fingerprint density at radius 3 is 2.53 bits per heavy atom. The average molecular weight is 360 g/mol. The quantitative estimate of drug-likeness (QED) is 0.849. The van der Waals surface area contributed by atoms with Crippen molar-refractivity contribution in [1.29, 1.82) is 0 Å². The minimum Gasteiger partial charge on any atom is -0.360 e. The van der Waals surface area contributed by atoms with Gasteiger partial charge in [0, 0.05) is 27.1 Å². The number of rotatable bonds is 4. The molecule has 0 bridgehead atoms. The lowest BCUT2D eigenvalue weighted by molar-refractivity contribution is 0.297. The molecule has 0 aliphatic rings. The van der Waals surface area contributed by atoms with E-state index < -0.39 is 0 Å². The maximum atomic E-state index is 3.59. The number of fused-ring (bicyclic) bond motifs is 1. The molecule has 0 fully saturated rings. The second-order valence-corrected chi connectivity index (χ2v) is 5.86. The molecule has 1 heterocycles. The highest BCUT2D eigenvalue weighted by molar-refractivity contribution is 9.11. The van der Waals surface area contributed by atoms with Crippen LogP contribution in [0, 0.1) is 0 Å². The number of hydrogen-bond donors (Lipinski definition) is 1. The number of nitrogens with one attached hydrogen (secondary N) is 1. The van der Waals surface area contributed by atoms with E-state index in [1.54, 1.807) is 0 Å². The van der Waals surface area contributed by atoms with Crippen molar-refractivity contribution >= 4 is 42.8 Å². The van der Waals surface area contributed by atoms with Crippen LogP contribution in [0.4, 0.5) is 0 Å². The average Bonchev–Trinajstić information content (AvgIpc) is 2.69. The van der Waals surface area contributed by atoms with E-state index >= 15 is 0 Å². The Morgan fingerprint density at radius 2 is 1.88 bits per heavy atom. The van der Waals surface area contributed by atoms with Gasteiger partial charge in [-0.3, -0.25) is 4.90 Å². The molecule has 1 aromatic carbocycles. The summed E-state index contributed by atoms with van der Waals surface area (Å²) in [6.45, 7) is 7.56. The van der Waals surface area contributed by atoms with Gasteiger partial charge in [-0.1, -0.05) is 29.8 Å². The van der Waals surface area contributed by atoms with E-state index in [0.29, 0.717) is 0 Å². The molecule has 1 aromatic heterocycles. The van der Waals surface area contributed by atoms with Crippen LogP contribution in [0.3, 0.4) is 0 Å². The summed E-state index contributed by atoms with van der Waals surface area (Å²) in [6, 6.07) is 4.25. The minimum atomic E-state index is 0.996. The highest BCUT2D eigenvalue weighted by Gasteiger charge is 2.10. The van der Waals surface area contributed by atoms with E-state index in [1.807, 2.05) is 0 Å². The summed E-state index contributed by atoms with van der Waals surface area (Å²) in [7, 11) is 0. The molecule has 0 radical (unpaired) electrons. The highest BCUT2D eigenvalue weighted by Crippen LogP contribution is 2.30. The van der Waals surface area contributed by atoms with E-state index in [1.165, 1.54) is 16.5 Å². The Bertz CT molecular complexity index is 515. The maximum absolute atomic E-state index is 3.59. The monoisotopic (exact) mass is 358 g/mol. The number of hydrogen-bond acceptors (Lipinski definition) is 1. The van der Waals surface area contributed by atoms with Crippen LogP contribution in [0.1, 0.15) is 19.4 Å². The van der Waals surface area contributed by atoms with E-state index in [-0.39, 0.29) is 0 Å². The van der Waals surface area contributed by atoms with E-state index in [4.69, 9.17) is 0 Å². The van der Waals surface area contributed by atoms with Crippen LogP contribution in [-0.2, 0) is 6.54 Å². The molecule has 0 spiro atoms. The first-order valence-electron chi connectivity index (χ1n) is 5.83. The second-order valence-electron chi connectivity index (χ2n) is 4.09. The summed E-state index contributed by atoms with van der Waals surface area (Å²) in [6.07, 6.45) is 2.11. The first-order valence-corrected chi connectivity index (χ1v) is 7.41. The highest BCUT2D eigenvalue weighted by atomic mass is 79.9. The van der Waals surface area contributed by atoms with Crippen molar-refractivity contribution in [2.45, 2.75) is 20.4 Å². The van der Waals surface area contributed by atoms with Gasteiger partial charge in [-0.05, 0) is 46.7 Å². The Balaban J connectivity index is 2.42. The molecule has 0 saturated carbocycles. The van der Waals surface area contributed by atoms with Crippen LogP contribution < -0.4 is 0 Å². The number of benzene rings is 1. The molecule has 0 amide bonds. The number of halogens is 2. The smallest absolute Gasteiger partial charge is 0.0602 e. The van der Waals surface area contributed by atoms with Crippen LogP contribution >= 0.6 is 31.9 Å². The van der Waals surface area contributed by atoms with Crippen molar-refractivity contribution < 1.29 is 0 Å². The zero-order valence-corrected chi connectivity index (χ0v) is 13.2. The van der Waals surface area contributed by atoms with Gasteiger partial charge in [0.05, 0.1) is 5.52 Å². The van der Waals surface area contributed by atoms with Crippen LogP contribution in [0.5, 0.6) is 0 Å². The third-order valence-corrected chi connectivity index (χ3v) is 4.16. The second kappa shape index (κ2) is 5.55. The predicted molar refractivity (Wildman–Crippen MR) is 80.3 cm³/mol. The summed E-state index contributed by atoms with van der Waals surface area (Å²) in [5.41, 5.74) is 2.53. The van der Waals surface area contributed by atoms with Crippen molar-refractivity contribution in [3.8, 4) is 0 Å². The van der Waals surface area contributed by atoms with Crippen molar-refractivity contribution in [2.75, 3.05) is 13.1 Å². The zero-order chi connectivity index (χ0) is 12.4. The minimum absolute atomic E-state index is 0.996. The van der Waals surface area contributed by atoms with Crippen molar-refractivity contribution in [1.82, 2.24) is 9.88 Å². The van der Waals surface area contributed by atoms with Gasteiger partial charge in [-0.15, -0.1) is 0 Å². The standard InChI is InChI=1S/C13H16Br2N2/c1-3-17(4-2)8-9-7-16-13-11(9)5-10(14)6-12(13)15/h5-7,16H,3-4,8H2,1-2H3. The van der Waals surface area contributed by atoms with Crippen LogP contribution in [0.2, 0.25) is 0 Å². The van der Waals surface area contributed by atoms with Gasteiger partial charge in [0.25, 0.3) is 0 Å². The van der Waals surface area contributed by atoms with Gasteiger partial charge in [0.1, 0.15) is 0 Å². The van der Waals surface area contributed by atoms with Gasteiger partial charge in [-0.2, -0.15) is 0 Å². The van der Waals surface area contributed by atoms with Crippen LogP contribution in [-0.4, -0.2) is 23.0 Å². The van der Waals surface area contributed by atoms with Gasteiger partial charge in [-0.25, -0.2) is 0 Å². The number of aromatic nitrogens is 1. The van der Waals surface area contributed by atoms with E-state index in [9.17, 15) is 0 Å². The largest absolute Gasteiger partial charge is 0.360 e. The number of aromatic amines is 1. The number of H-pyrrole nitrogens is 1. The maximum Gasteiger partial charge on any atom is 0.0602 e. The summed E-state index contributed by atoms with van der Waals surface area (Å²) in [5, 5.41) is 1.29. The summed E-state index contributed by atoms with van der Waals surface area (Å²) >= 11 is 7.13. The third-order valence-electron chi connectivity index (χ3n) is 3.08. The molecular formula is C13H16Br2N2. The zero-order valence-electron chi connectivity index (χ0n) is 10.1. The molecule has 0 unspecified atom stereocenters. The molecule has 1 N–H and O–H groups in total. The lowest BCUT2D eigenvalue weighted by Gasteiger charge is -2.17.